The van der Waals surface area contributed by atoms with E-state index in [1.807, 2.05) is 18.2 Å². The number of nitrogens with one attached hydrogen (secondary N) is 1. The van der Waals surface area contributed by atoms with E-state index < -0.39 is 0 Å². The molecule has 0 aliphatic heterocycles. The topological polar surface area (TPSA) is 62.3 Å². The summed E-state index contributed by atoms with van der Waals surface area (Å²) in [6.07, 6.45) is 4.12. The quantitative estimate of drug-likeness (QED) is 0.609. The second-order valence-corrected chi connectivity index (χ2v) is 5.44. The van der Waals surface area contributed by atoms with Gasteiger partial charge in [-0.2, -0.15) is 0 Å². The van der Waals surface area contributed by atoms with E-state index in [1.165, 1.54) is 24.8 Å². The van der Waals surface area contributed by atoms with Gasteiger partial charge in [-0.1, -0.05) is 12.5 Å². The summed E-state index contributed by atoms with van der Waals surface area (Å²) >= 11 is 0. The molecular formula is C15H23N3O. The Balaban J connectivity index is 2.03. The van der Waals surface area contributed by atoms with Gasteiger partial charge in [0.1, 0.15) is 11.6 Å². The molecule has 1 aliphatic rings. The standard InChI is InChI=1S/C15H23N3O/c1-18(9-11-4-3-5-11)10-12-6-7-14(19-2)13(8-12)15(16)17/h6-8,11H,3-5,9-10H2,1-2H3,(H3,16,17). The Hall–Kier alpha value is -1.55. The number of methoxy groups -OCH3 is 1. The monoisotopic (exact) mass is 261 g/mol. The normalized spacial score (nSPS) is 15.3. The van der Waals surface area contributed by atoms with Gasteiger partial charge < -0.3 is 15.4 Å². The first kappa shape index (κ1) is 13.9. The van der Waals surface area contributed by atoms with Crippen molar-refractivity contribution in [1.29, 1.82) is 5.41 Å². The molecule has 2 rings (SSSR count). The van der Waals surface area contributed by atoms with Crippen LogP contribution in [-0.4, -0.2) is 31.4 Å². The number of ether oxygens (including phenoxy) is 1. The number of rotatable bonds is 6. The number of amidine groups is 1. The van der Waals surface area contributed by atoms with E-state index in [2.05, 4.69) is 11.9 Å². The van der Waals surface area contributed by atoms with Gasteiger partial charge in [-0.15, -0.1) is 0 Å². The summed E-state index contributed by atoms with van der Waals surface area (Å²) in [5, 5.41) is 7.59. The number of hydrogen-bond donors (Lipinski definition) is 2. The zero-order valence-corrected chi connectivity index (χ0v) is 11.8. The van der Waals surface area contributed by atoms with Crippen LogP contribution < -0.4 is 10.5 Å². The maximum atomic E-state index is 7.59. The molecule has 0 spiro atoms. The summed E-state index contributed by atoms with van der Waals surface area (Å²) in [7, 11) is 3.75. The lowest BCUT2D eigenvalue weighted by Gasteiger charge is -2.30. The Bertz CT molecular complexity index is 455. The smallest absolute Gasteiger partial charge is 0.129 e. The van der Waals surface area contributed by atoms with Gasteiger partial charge in [0.2, 0.25) is 0 Å². The van der Waals surface area contributed by atoms with Crippen LogP contribution in [0.5, 0.6) is 5.75 Å². The summed E-state index contributed by atoms with van der Waals surface area (Å²) in [5.74, 6) is 1.59. The Morgan fingerprint density at radius 2 is 2.21 bits per heavy atom. The van der Waals surface area contributed by atoms with Gasteiger partial charge in [0, 0.05) is 13.1 Å². The summed E-state index contributed by atoms with van der Waals surface area (Å²) in [6, 6.07) is 5.89. The van der Waals surface area contributed by atoms with Crippen molar-refractivity contribution in [2.75, 3.05) is 20.7 Å². The number of hydrogen-bond acceptors (Lipinski definition) is 3. The first-order chi connectivity index (χ1) is 9.10. The highest BCUT2D eigenvalue weighted by atomic mass is 16.5. The van der Waals surface area contributed by atoms with Crippen molar-refractivity contribution in [3.8, 4) is 5.75 Å². The largest absolute Gasteiger partial charge is 0.496 e. The number of nitrogens with zero attached hydrogens (tertiary/aromatic N) is 1. The predicted octanol–water partition coefficient (Wildman–Crippen LogP) is 2.21. The second kappa shape index (κ2) is 6.06. The fourth-order valence-electron chi connectivity index (χ4n) is 2.56. The van der Waals surface area contributed by atoms with Crippen molar-refractivity contribution in [3.05, 3.63) is 29.3 Å². The third kappa shape index (κ3) is 3.47. The van der Waals surface area contributed by atoms with E-state index in [-0.39, 0.29) is 5.84 Å². The average Bonchev–Trinajstić information content (AvgIpc) is 2.33. The molecule has 1 aromatic carbocycles. The van der Waals surface area contributed by atoms with Crippen molar-refractivity contribution in [1.82, 2.24) is 4.90 Å². The fourth-order valence-corrected chi connectivity index (χ4v) is 2.56. The molecule has 1 aromatic rings. The molecule has 0 saturated heterocycles. The first-order valence-corrected chi connectivity index (χ1v) is 6.80. The highest BCUT2D eigenvalue weighted by molar-refractivity contribution is 5.97. The molecular weight excluding hydrogens is 238 g/mol. The molecule has 0 radical (unpaired) electrons. The van der Waals surface area contributed by atoms with Crippen LogP contribution in [-0.2, 0) is 6.54 Å². The van der Waals surface area contributed by atoms with Gasteiger partial charge in [-0.3, -0.25) is 5.41 Å². The van der Waals surface area contributed by atoms with Crippen LogP contribution in [0.3, 0.4) is 0 Å². The minimum atomic E-state index is 0.0559. The Morgan fingerprint density at radius 3 is 2.74 bits per heavy atom. The summed E-state index contributed by atoms with van der Waals surface area (Å²) in [6.45, 7) is 2.04. The lowest BCUT2D eigenvalue weighted by atomic mass is 9.85. The molecule has 1 aliphatic carbocycles. The van der Waals surface area contributed by atoms with Crippen LogP contribution in [0.15, 0.2) is 18.2 Å². The molecule has 0 unspecified atom stereocenters. The Morgan fingerprint density at radius 1 is 1.47 bits per heavy atom. The Labute approximate surface area is 115 Å². The molecule has 104 valence electrons. The number of benzene rings is 1. The summed E-state index contributed by atoms with van der Waals surface area (Å²) in [4.78, 5) is 2.34. The summed E-state index contributed by atoms with van der Waals surface area (Å²) in [5.41, 5.74) is 7.44. The second-order valence-electron chi connectivity index (χ2n) is 5.44. The van der Waals surface area contributed by atoms with Crippen molar-refractivity contribution >= 4 is 5.84 Å². The maximum Gasteiger partial charge on any atom is 0.129 e. The molecule has 19 heavy (non-hydrogen) atoms. The van der Waals surface area contributed by atoms with Gasteiger partial charge in [-0.25, -0.2) is 0 Å². The third-order valence-electron chi connectivity index (χ3n) is 3.80. The van der Waals surface area contributed by atoms with Gasteiger partial charge >= 0.3 is 0 Å². The van der Waals surface area contributed by atoms with Crippen LogP contribution in [0.2, 0.25) is 0 Å². The average molecular weight is 261 g/mol. The van der Waals surface area contributed by atoms with Crippen molar-refractivity contribution < 1.29 is 4.74 Å². The fraction of sp³-hybridized carbons (Fsp3) is 0.533. The van der Waals surface area contributed by atoms with E-state index in [4.69, 9.17) is 15.9 Å². The van der Waals surface area contributed by atoms with Crippen LogP contribution in [0.25, 0.3) is 0 Å². The van der Waals surface area contributed by atoms with Gasteiger partial charge in [0.25, 0.3) is 0 Å². The van der Waals surface area contributed by atoms with Gasteiger partial charge in [0.15, 0.2) is 0 Å². The SMILES string of the molecule is COc1ccc(CN(C)CC2CCC2)cc1C(=N)N. The lowest BCUT2D eigenvalue weighted by molar-refractivity contribution is 0.200. The number of nitrogen functional groups attached to an aromatic ring is 1. The van der Waals surface area contributed by atoms with E-state index in [0.717, 1.165) is 19.0 Å². The maximum absolute atomic E-state index is 7.59. The molecule has 4 nitrogen and oxygen atoms in total. The van der Waals surface area contributed by atoms with E-state index >= 15 is 0 Å². The van der Waals surface area contributed by atoms with Crippen molar-refractivity contribution in [2.45, 2.75) is 25.8 Å². The zero-order chi connectivity index (χ0) is 13.8. The van der Waals surface area contributed by atoms with Gasteiger partial charge in [0.05, 0.1) is 12.7 Å². The molecule has 4 heteroatoms. The molecule has 0 heterocycles. The third-order valence-corrected chi connectivity index (χ3v) is 3.80. The number of nitrogens with two attached hydrogens (primary N) is 1. The predicted molar refractivity (Wildman–Crippen MR) is 77.7 cm³/mol. The van der Waals surface area contributed by atoms with Crippen LogP contribution in [0, 0.1) is 11.3 Å². The molecule has 0 atom stereocenters. The van der Waals surface area contributed by atoms with Gasteiger partial charge in [-0.05, 0) is 43.5 Å². The molecule has 1 saturated carbocycles. The van der Waals surface area contributed by atoms with Crippen LogP contribution >= 0.6 is 0 Å². The first-order valence-electron chi connectivity index (χ1n) is 6.80. The molecule has 0 aromatic heterocycles. The zero-order valence-electron chi connectivity index (χ0n) is 11.8. The van der Waals surface area contributed by atoms with E-state index in [9.17, 15) is 0 Å². The Kier molecular flexibility index (Phi) is 4.43. The van der Waals surface area contributed by atoms with E-state index in [1.54, 1.807) is 7.11 Å². The van der Waals surface area contributed by atoms with Crippen LogP contribution in [0.4, 0.5) is 0 Å². The molecule has 0 bridgehead atoms. The highest BCUT2D eigenvalue weighted by Gasteiger charge is 2.19. The minimum absolute atomic E-state index is 0.0559. The van der Waals surface area contributed by atoms with E-state index in [0.29, 0.717) is 11.3 Å². The van der Waals surface area contributed by atoms with Crippen molar-refractivity contribution in [2.24, 2.45) is 11.7 Å². The van der Waals surface area contributed by atoms with Crippen molar-refractivity contribution in [3.63, 3.8) is 0 Å². The summed E-state index contributed by atoms with van der Waals surface area (Å²) < 4.78 is 5.22. The molecule has 1 fully saturated rings. The lowest BCUT2D eigenvalue weighted by Crippen LogP contribution is -2.29. The molecule has 3 N–H and O–H groups in total. The highest BCUT2D eigenvalue weighted by Crippen LogP contribution is 2.27. The molecule has 0 amide bonds. The minimum Gasteiger partial charge on any atom is -0.496 e. The van der Waals surface area contributed by atoms with Crippen LogP contribution in [0.1, 0.15) is 30.4 Å².